The average molecular weight is 413 g/mol. The monoisotopic (exact) mass is 411 g/mol. The lowest BCUT2D eigenvalue weighted by Crippen LogP contribution is -2.03. The molecule has 1 aliphatic heterocycles. The molecule has 1 amide bonds. The number of hydrogen-bond donors (Lipinski definition) is 2. The summed E-state index contributed by atoms with van der Waals surface area (Å²) in [4.78, 5) is 12.1. The first kappa shape index (κ1) is 14.3. The molecule has 0 atom stereocenters. The van der Waals surface area contributed by atoms with Crippen molar-refractivity contribution in [2.24, 2.45) is 0 Å². The van der Waals surface area contributed by atoms with E-state index in [1.54, 1.807) is 12.1 Å². The van der Waals surface area contributed by atoms with Gasteiger partial charge in [-0.15, -0.1) is 0 Å². The van der Waals surface area contributed by atoms with Gasteiger partial charge in [0, 0.05) is 25.6 Å². The predicted molar refractivity (Wildman–Crippen MR) is 86.4 cm³/mol. The minimum absolute atomic E-state index is 0.254. The maximum atomic E-state index is 13.4. The first-order valence-electron chi connectivity index (χ1n) is 5.97. The van der Waals surface area contributed by atoms with Crippen LogP contribution in [0.25, 0.3) is 11.6 Å². The van der Waals surface area contributed by atoms with E-state index in [0.717, 1.165) is 15.0 Å². The van der Waals surface area contributed by atoms with Crippen LogP contribution in [0.1, 0.15) is 11.1 Å². The van der Waals surface area contributed by atoms with Crippen molar-refractivity contribution in [1.82, 2.24) is 0 Å². The molecule has 21 heavy (non-hydrogen) atoms. The van der Waals surface area contributed by atoms with Crippen LogP contribution < -0.4 is 5.32 Å². The number of amides is 1. The molecule has 3 nitrogen and oxygen atoms in total. The number of phenols is 1. The van der Waals surface area contributed by atoms with Crippen LogP contribution in [0, 0.1) is 5.82 Å². The summed E-state index contributed by atoms with van der Waals surface area (Å²) < 4.78 is 14.9. The van der Waals surface area contributed by atoms with Gasteiger partial charge in [-0.2, -0.15) is 0 Å². The zero-order chi connectivity index (χ0) is 15.1. The normalized spacial score (nSPS) is 15.2. The maximum absolute atomic E-state index is 13.4. The summed E-state index contributed by atoms with van der Waals surface area (Å²) in [6.07, 6.45) is 1.47. The van der Waals surface area contributed by atoms with E-state index >= 15 is 0 Å². The molecule has 1 heterocycles. The first-order chi connectivity index (χ1) is 9.97. The van der Waals surface area contributed by atoms with E-state index in [1.165, 1.54) is 12.1 Å². The number of nitrogens with one attached hydrogen (secondary N) is 1. The van der Waals surface area contributed by atoms with Gasteiger partial charge in [-0.25, -0.2) is 4.39 Å². The van der Waals surface area contributed by atoms with Crippen LogP contribution >= 0.6 is 31.9 Å². The number of para-hydroxylation sites is 1. The molecule has 0 unspecified atom stereocenters. The summed E-state index contributed by atoms with van der Waals surface area (Å²) in [5.74, 6) is -1.49. The zero-order valence-electron chi connectivity index (χ0n) is 10.5. The van der Waals surface area contributed by atoms with Crippen LogP contribution in [-0.2, 0) is 4.79 Å². The van der Waals surface area contributed by atoms with Gasteiger partial charge in [0.25, 0.3) is 5.91 Å². The van der Waals surface area contributed by atoms with Gasteiger partial charge >= 0.3 is 0 Å². The minimum atomic E-state index is -0.724. The number of carbonyl (C=O) groups is 1. The Kier molecular flexibility index (Phi) is 3.59. The Morgan fingerprint density at radius 3 is 2.76 bits per heavy atom. The van der Waals surface area contributed by atoms with Crippen molar-refractivity contribution in [1.29, 1.82) is 0 Å². The molecule has 1 aliphatic rings. The Labute approximate surface area is 136 Å². The van der Waals surface area contributed by atoms with Gasteiger partial charge in [-0.1, -0.05) is 28.1 Å². The summed E-state index contributed by atoms with van der Waals surface area (Å²) in [6.45, 7) is 0. The van der Waals surface area contributed by atoms with Crippen LogP contribution in [0.2, 0.25) is 0 Å². The van der Waals surface area contributed by atoms with Gasteiger partial charge in [-0.05, 0) is 40.2 Å². The van der Waals surface area contributed by atoms with E-state index in [-0.39, 0.29) is 11.5 Å². The second-order valence-electron chi connectivity index (χ2n) is 4.50. The molecule has 0 aromatic heterocycles. The standard InChI is InChI=1S/C15H8Br2FNO2/c16-8-5-9-10(15(21)19-13(9)11(17)6-8)4-7-2-1-3-12(18)14(7)20/h1-6,20H,(H,19,21). The number of benzene rings is 2. The number of phenolic OH excluding ortho intramolecular Hbond substituents is 1. The van der Waals surface area contributed by atoms with Gasteiger partial charge in [-0.3, -0.25) is 4.79 Å². The molecule has 106 valence electrons. The Morgan fingerprint density at radius 2 is 2.00 bits per heavy atom. The summed E-state index contributed by atoms with van der Waals surface area (Å²) in [5.41, 5.74) is 1.97. The lowest BCUT2D eigenvalue weighted by Gasteiger charge is -2.04. The van der Waals surface area contributed by atoms with E-state index in [4.69, 9.17) is 0 Å². The highest BCUT2D eigenvalue weighted by molar-refractivity contribution is 9.11. The Balaban J connectivity index is 2.19. The second kappa shape index (κ2) is 5.27. The van der Waals surface area contributed by atoms with Crippen LogP contribution in [0.3, 0.4) is 0 Å². The Hall–Kier alpha value is -1.66. The molecular formula is C15H8Br2FNO2. The van der Waals surface area contributed by atoms with Crippen molar-refractivity contribution in [3.63, 3.8) is 0 Å². The van der Waals surface area contributed by atoms with Crippen LogP contribution in [0.15, 0.2) is 39.3 Å². The third-order valence-corrected chi connectivity index (χ3v) is 4.23. The van der Waals surface area contributed by atoms with Crippen molar-refractivity contribution < 1.29 is 14.3 Å². The van der Waals surface area contributed by atoms with E-state index in [1.807, 2.05) is 6.07 Å². The molecule has 0 radical (unpaired) electrons. The molecule has 2 aromatic rings. The Bertz CT molecular complexity index is 803. The highest BCUT2D eigenvalue weighted by Crippen LogP contribution is 2.41. The number of fused-ring (bicyclic) bond motifs is 1. The van der Waals surface area contributed by atoms with Crippen molar-refractivity contribution in [3.8, 4) is 5.75 Å². The molecule has 0 saturated heterocycles. The molecule has 0 saturated carbocycles. The fourth-order valence-electron chi connectivity index (χ4n) is 2.16. The topological polar surface area (TPSA) is 49.3 Å². The first-order valence-corrected chi connectivity index (χ1v) is 7.56. The lowest BCUT2D eigenvalue weighted by molar-refractivity contribution is -0.110. The number of halogens is 3. The largest absolute Gasteiger partial charge is 0.504 e. The molecule has 0 bridgehead atoms. The summed E-state index contributed by atoms with van der Waals surface area (Å²) >= 11 is 6.75. The molecule has 0 fully saturated rings. The van der Waals surface area contributed by atoms with Gasteiger partial charge in [0.1, 0.15) is 0 Å². The third kappa shape index (κ3) is 2.49. The molecule has 3 rings (SSSR count). The number of anilines is 1. The maximum Gasteiger partial charge on any atom is 0.256 e. The zero-order valence-corrected chi connectivity index (χ0v) is 13.6. The van der Waals surface area contributed by atoms with E-state index < -0.39 is 11.6 Å². The smallest absolute Gasteiger partial charge is 0.256 e. The average Bonchev–Trinajstić information content (AvgIpc) is 2.73. The minimum Gasteiger partial charge on any atom is -0.504 e. The molecule has 0 spiro atoms. The molecular weight excluding hydrogens is 405 g/mol. The highest BCUT2D eigenvalue weighted by Gasteiger charge is 2.27. The van der Waals surface area contributed by atoms with Crippen LogP contribution in [-0.4, -0.2) is 11.0 Å². The van der Waals surface area contributed by atoms with Gasteiger partial charge < -0.3 is 10.4 Å². The summed E-state index contributed by atoms with van der Waals surface area (Å²) in [7, 11) is 0. The van der Waals surface area contributed by atoms with Gasteiger partial charge in [0.15, 0.2) is 11.6 Å². The van der Waals surface area contributed by atoms with Crippen LogP contribution in [0.4, 0.5) is 10.1 Å². The van der Waals surface area contributed by atoms with Crippen molar-refractivity contribution >= 4 is 55.1 Å². The van der Waals surface area contributed by atoms with Crippen molar-refractivity contribution in [2.75, 3.05) is 5.32 Å². The Morgan fingerprint density at radius 1 is 1.24 bits per heavy atom. The third-order valence-electron chi connectivity index (χ3n) is 3.15. The fraction of sp³-hybridized carbons (Fsp3) is 0. The van der Waals surface area contributed by atoms with Crippen molar-refractivity contribution in [2.45, 2.75) is 0 Å². The van der Waals surface area contributed by atoms with E-state index in [2.05, 4.69) is 37.2 Å². The quantitative estimate of drug-likeness (QED) is 0.675. The number of carbonyl (C=O) groups excluding carboxylic acids is 1. The highest BCUT2D eigenvalue weighted by atomic mass is 79.9. The molecule has 0 aliphatic carbocycles. The summed E-state index contributed by atoms with van der Waals surface area (Å²) in [6, 6.07) is 7.80. The predicted octanol–water partition coefficient (Wildman–Crippen LogP) is 4.55. The number of rotatable bonds is 1. The SMILES string of the molecule is O=C1Nc2c(Br)cc(Br)cc2C1=Cc1cccc(F)c1O. The van der Waals surface area contributed by atoms with Gasteiger partial charge in [0.2, 0.25) is 0 Å². The van der Waals surface area contributed by atoms with Crippen molar-refractivity contribution in [3.05, 3.63) is 56.2 Å². The second-order valence-corrected chi connectivity index (χ2v) is 6.27. The lowest BCUT2D eigenvalue weighted by atomic mass is 10.0. The molecule has 2 N–H and O–H groups in total. The number of aromatic hydroxyl groups is 1. The van der Waals surface area contributed by atoms with E-state index in [0.29, 0.717) is 16.8 Å². The molecule has 6 heteroatoms. The van der Waals surface area contributed by atoms with Crippen LogP contribution in [0.5, 0.6) is 5.75 Å². The number of hydrogen-bond acceptors (Lipinski definition) is 2. The van der Waals surface area contributed by atoms with Gasteiger partial charge in [0.05, 0.1) is 5.69 Å². The fourth-order valence-corrected chi connectivity index (χ4v) is 3.49. The van der Waals surface area contributed by atoms with E-state index in [9.17, 15) is 14.3 Å². The summed E-state index contributed by atoms with van der Waals surface area (Å²) in [5, 5.41) is 12.5. The molecule has 2 aromatic carbocycles.